The fraction of sp³-hybridized carbons (Fsp3) is 0.647. The maximum Gasteiger partial charge on any atom is 0.241 e. The van der Waals surface area contributed by atoms with E-state index in [0.717, 1.165) is 47.9 Å². The van der Waals surface area contributed by atoms with Gasteiger partial charge in [-0.2, -0.15) is 0 Å². The Morgan fingerprint density at radius 3 is 1.67 bits per heavy atom. The monoisotopic (exact) mass is 309 g/mol. The van der Waals surface area contributed by atoms with Crippen molar-refractivity contribution in [2.24, 2.45) is 0 Å². The summed E-state index contributed by atoms with van der Waals surface area (Å²) in [6.07, 6.45) is 5.38. The molecule has 1 aliphatic carbocycles. The molecule has 0 aliphatic heterocycles. The Hall–Kier alpha value is -0.870. The lowest BCUT2D eigenvalue weighted by Gasteiger charge is -2.25. The van der Waals surface area contributed by atoms with Gasteiger partial charge in [0.15, 0.2) is 0 Å². The SMILES string of the molecule is Cc1c(C)c(C)c(S(=O)(=O)NC2CCCCC2)c(C)c1C. The lowest BCUT2D eigenvalue weighted by Crippen LogP contribution is -2.37. The van der Waals surface area contributed by atoms with E-state index < -0.39 is 10.0 Å². The Morgan fingerprint density at radius 1 is 0.762 bits per heavy atom. The highest BCUT2D eigenvalue weighted by Gasteiger charge is 2.26. The van der Waals surface area contributed by atoms with Gasteiger partial charge in [-0.1, -0.05) is 19.3 Å². The molecule has 0 bridgehead atoms. The van der Waals surface area contributed by atoms with Crippen LogP contribution in [-0.4, -0.2) is 14.5 Å². The summed E-state index contributed by atoms with van der Waals surface area (Å²) in [7, 11) is -3.43. The molecule has 3 nitrogen and oxygen atoms in total. The lowest BCUT2D eigenvalue weighted by atomic mass is 9.95. The van der Waals surface area contributed by atoms with Gasteiger partial charge in [0, 0.05) is 6.04 Å². The largest absolute Gasteiger partial charge is 0.241 e. The maximum atomic E-state index is 12.8. The molecule has 118 valence electrons. The van der Waals surface area contributed by atoms with Crippen molar-refractivity contribution in [2.45, 2.75) is 77.7 Å². The van der Waals surface area contributed by atoms with Crippen molar-refractivity contribution in [3.63, 3.8) is 0 Å². The third-order valence-electron chi connectivity index (χ3n) is 5.13. The van der Waals surface area contributed by atoms with E-state index in [1.165, 1.54) is 12.0 Å². The van der Waals surface area contributed by atoms with E-state index in [2.05, 4.69) is 11.6 Å². The highest BCUT2D eigenvalue weighted by Crippen LogP contribution is 2.30. The summed E-state index contributed by atoms with van der Waals surface area (Å²) in [6, 6.07) is 0.101. The summed E-state index contributed by atoms with van der Waals surface area (Å²) < 4.78 is 28.6. The van der Waals surface area contributed by atoms with E-state index in [-0.39, 0.29) is 6.04 Å². The second-order valence-corrected chi connectivity index (χ2v) is 8.06. The van der Waals surface area contributed by atoms with Crippen LogP contribution in [0.25, 0.3) is 0 Å². The summed E-state index contributed by atoms with van der Waals surface area (Å²) in [6.45, 7) is 9.93. The molecule has 4 heteroatoms. The van der Waals surface area contributed by atoms with E-state index in [1.54, 1.807) is 0 Å². The number of hydrogen-bond acceptors (Lipinski definition) is 2. The molecular weight excluding hydrogens is 282 g/mol. The fourth-order valence-electron chi connectivity index (χ4n) is 3.37. The van der Waals surface area contributed by atoms with E-state index in [0.29, 0.717) is 4.90 Å². The molecule has 1 aliphatic rings. The van der Waals surface area contributed by atoms with Gasteiger partial charge < -0.3 is 0 Å². The van der Waals surface area contributed by atoms with Gasteiger partial charge in [-0.15, -0.1) is 0 Å². The van der Waals surface area contributed by atoms with Crippen molar-refractivity contribution in [1.29, 1.82) is 0 Å². The van der Waals surface area contributed by atoms with Crippen LogP contribution in [0.3, 0.4) is 0 Å². The van der Waals surface area contributed by atoms with Crippen molar-refractivity contribution < 1.29 is 8.42 Å². The smallest absolute Gasteiger partial charge is 0.208 e. The molecule has 1 aromatic carbocycles. The van der Waals surface area contributed by atoms with Gasteiger partial charge in [0.05, 0.1) is 4.90 Å². The summed E-state index contributed by atoms with van der Waals surface area (Å²) in [5, 5.41) is 0. The van der Waals surface area contributed by atoms with Gasteiger partial charge in [-0.3, -0.25) is 0 Å². The van der Waals surface area contributed by atoms with Gasteiger partial charge in [0.25, 0.3) is 0 Å². The van der Waals surface area contributed by atoms with E-state index >= 15 is 0 Å². The molecule has 0 saturated heterocycles. The normalized spacial score (nSPS) is 17.2. The van der Waals surface area contributed by atoms with Gasteiger partial charge in [0.2, 0.25) is 10.0 Å². The van der Waals surface area contributed by atoms with Crippen LogP contribution in [0.4, 0.5) is 0 Å². The van der Waals surface area contributed by atoms with Crippen LogP contribution in [0.5, 0.6) is 0 Å². The number of rotatable bonds is 3. The molecule has 21 heavy (non-hydrogen) atoms. The van der Waals surface area contributed by atoms with Crippen molar-refractivity contribution in [3.8, 4) is 0 Å². The third-order valence-corrected chi connectivity index (χ3v) is 6.92. The van der Waals surface area contributed by atoms with E-state index in [1.807, 2.05) is 27.7 Å². The molecule has 0 radical (unpaired) electrons. The molecule has 0 unspecified atom stereocenters. The molecule has 0 aromatic heterocycles. The predicted molar refractivity (Wildman–Crippen MR) is 87.3 cm³/mol. The first-order chi connectivity index (χ1) is 9.75. The minimum Gasteiger partial charge on any atom is -0.208 e. The van der Waals surface area contributed by atoms with Crippen molar-refractivity contribution in [1.82, 2.24) is 4.72 Å². The Labute approximate surface area is 129 Å². The number of nitrogens with one attached hydrogen (secondary N) is 1. The highest BCUT2D eigenvalue weighted by molar-refractivity contribution is 7.89. The lowest BCUT2D eigenvalue weighted by molar-refractivity contribution is 0.412. The second kappa shape index (κ2) is 6.09. The zero-order valence-corrected chi connectivity index (χ0v) is 14.7. The van der Waals surface area contributed by atoms with Crippen molar-refractivity contribution >= 4 is 10.0 Å². The highest BCUT2D eigenvalue weighted by atomic mass is 32.2. The first kappa shape index (κ1) is 16.5. The Bertz CT molecular complexity index is 612. The minimum atomic E-state index is -3.43. The molecule has 0 amide bonds. The summed E-state index contributed by atoms with van der Waals surface area (Å²) >= 11 is 0. The van der Waals surface area contributed by atoms with Crippen LogP contribution < -0.4 is 4.72 Å². The molecule has 1 N–H and O–H groups in total. The molecule has 1 aromatic rings. The topological polar surface area (TPSA) is 46.2 Å². The number of hydrogen-bond donors (Lipinski definition) is 1. The number of benzene rings is 1. The zero-order chi connectivity index (χ0) is 15.8. The van der Waals surface area contributed by atoms with Crippen LogP contribution in [0.1, 0.15) is 59.9 Å². The van der Waals surface area contributed by atoms with E-state index in [4.69, 9.17) is 0 Å². The molecule has 2 rings (SSSR count). The predicted octanol–water partition coefficient (Wildman–Crippen LogP) is 3.84. The Balaban J connectivity index is 2.45. The molecule has 1 fully saturated rings. The second-order valence-electron chi connectivity index (χ2n) is 6.41. The minimum absolute atomic E-state index is 0.101. The molecular formula is C17H27NO2S. The first-order valence-electron chi connectivity index (χ1n) is 7.85. The quantitative estimate of drug-likeness (QED) is 0.922. The van der Waals surface area contributed by atoms with Gasteiger partial charge in [0.1, 0.15) is 0 Å². The van der Waals surface area contributed by atoms with Crippen LogP contribution in [-0.2, 0) is 10.0 Å². The molecule has 0 spiro atoms. The van der Waals surface area contributed by atoms with Crippen molar-refractivity contribution in [3.05, 3.63) is 27.8 Å². The Morgan fingerprint density at radius 2 is 1.19 bits per heavy atom. The average molecular weight is 309 g/mol. The molecule has 0 atom stereocenters. The van der Waals surface area contributed by atoms with Gasteiger partial charge in [-0.25, -0.2) is 13.1 Å². The van der Waals surface area contributed by atoms with Gasteiger partial charge in [-0.05, 0) is 75.3 Å². The molecule has 0 heterocycles. The van der Waals surface area contributed by atoms with Crippen LogP contribution >= 0.6 is 0 Å². The molecule has 1 saturated carbocycles. The summed E-state index contributed by atoms with van der Waals surface area (Å²) in [5.41, 5.74) is 5.14. The number of sulfonamides is 1. The summed E-state index contributed by atoms with van der Waals surface area (Å²) in [4.78, 5) is 0.494. The van der Waals surface area contributed by atoms with Crippen molar-refractivity contribution in [2.75, 3.05) is 0 Å². The zero-order valence-electron chi connectivity index (χ0n) is 13.8. The standard InChI is InChI=1S/C17H27NO2S/c1-11-12(2)14(4)17(15(5)13(11)3)21(19,20)18-16-9-7-6-8-10-16/h16,18H,6-10H2,1-5H3. The van der Waals surface area contributed by atoms with E-state index in [9.17, 15) is 8.42 Å². The van der Waals surface area contributed by atoms with Crippen LogP contribution in [0.15, 0.2) is 4.90 Å². The van der Waals surface area contributed by atoms with Gasteiger partial charge >= 0.3 is 0 Å². The first-order valence-corrected chi connectivity index (χ1v) is 9.33. The van der Waals surface area contributed by atoms with Crippen LogP contribution in [0, 0.1) is 34.6 Å². The average Bonchev–Trinajstić information content (AvgIpc) is 2.43. The third kappa shape index (κ3) is 3.16. The Kier molecular flexibility index (Phi) is 4.79. The maximum absolute atomic E-state index is 12.8. The summed E-state index contributed by atoms with van der Waals surface area (Å²) in [5.74, 6) is 0. The fourth-order valence-corrected chi connectivity index (χ4v) is 5.27. The van der Waals surface area contributed by atoms with Crippen LogP contribution in [0.2, 0.25) is 0 Å².